The van der Waals surface area contributed by atoms with Gasteiger partial charge in [-0.2, -0.15) is 0 Å². The highest BCUT2D eigenvalue weighted by molar-refractivity contribution is 5.88. The topological polar surface area (TPSA) is 15.7 Å². The predicted molar refractivity (Wildman–Crippen MR) is 212 cm³/mol. The zero-order chi connectivity index (χ0) is 34.1. The predicted octanol–water partition coefficient (Wildman–Crippen LogP) is 13.0. The molecule has 51 heavy (non-hydrogen) atoms. The van der Waals surface area contributed by atoms with Gasteiger partial charge < -0.3 is 14.5 Å². The number of para-hydroxylation sites is 5. The van der Waals surface area contributed by atoms with E-state index in [1.54, 1.807) is 5.57 Å². The van der Waals surface area contributed by atoms with E-state index in [0.717, 1.165) is 53.4 Å². The third kappa shape index (κ3) is 4.80. The van der Waals surface area contributed by atoms with Crippen LogP contribution in [0.2, 0.25) is 0 Å². The Kier molecular flexibility index (Phi) is 6.72. The molecule has 246 valence electrons. The van der Waals surface area contributed by atoms with E-state index in [4.69, 9.17) is 4.74 Å². The molecule has 0 radical (unpaired) electrons. The van der Waals surface area contributed by atoms with Gasteiger partial charge in [0.15, 0.2) is 11.5 Å². The molecular formula is C48H38N2O. The lowest BCUT2D eigenvalue weighted by Gasteiger charge is -2.36. The molecule has 0 spiro atoms. The van der Waals surface area contributed by atoms with Gasteiger partial charge in [-0.15, -0.1) is 0 Å². The maximum Gasteiger partial charge on any atom is 0.151 e. The molecule has 0 unspecified atom stereocenters. The number of hydrogen-bond donors (Lipinski definition) is 0. The first-order valence-electron chi connectivity index (χ1n) is 18.0. The number of allylic oxidation sites excluding steroid dienone is 3. The van der Waals surface area contributed by atoms with Crippen LogP contribution >= 0.6 is 0 Å². The third-order valence-electron chi connectivity index (χ3n) is 11.1. The second-order valence-electron chi connectivity index (χ2n) is 14.5. The maximum absolute atomic E-state index is 6.21. The zero-order valence-corrected chi connectivity index (χ0v) is 28.9. The summed E-state index contributed by atoms with van der Waals surface area (Å²) < 4.78 is 6.21. The van der Waals surface area contributed by atoms with Crippen molar-refractivity contribution in [3.05, 3.63) is 185 Å². The minimum absolute atomic E-state index is 0.119. The Labute approximate surface area is 300 Å². The molecule has 0 aromatic heterocycles. The summed E-state index contributed by atoms with van der Waals surface area (Å²) in [6, 6.07) is 48.2. The number of anilines is 5. The molecule has 6 aromatic rings. The molecule has 0 N–H and O–H groups in total. The molecule has 2 aliphatic heterocycles. The number of hydrogen-bond acceptors (Lipinski definition) is 3. The van der Waals surface area contributed by atoms with Crippen molar-refractivity contribution in [1.29, 1.82) is 0 Å². The Morgan fingerprint density at radius 2 is 1.20 bits per heavy atom. The van der Waals surface area contributed by atoms with Gasteiger partial charge >= 0.3 is 0 Å². The Morgan fingerprint density at radius 1 is 0.588 bits per heavy atom. The molecule has 2 aliphatic carbocycles. The lowest BCUT2D eigenvalue weighted by Crippen LogP contribution is -2.25. The molecule has 0 bridgehead atoms. The SMILES string of the molecule is CC1(C)c2cc(/C=C/c3ccc(N4c5ccccc5Oc5ccccc54)cc3)ccc2-c2ccc(N3C4=C(CCC=C4)Cc4ccccc43)cc21. The first kappa shape index (κ1) is 29.8. The van der Waals surface area contributed by atoms with Crippen LogP contribution in [0.4, 0.5) is 28.4 Å². The quantitative estimate of drug-likeness (QED) is 0.175. The smallest absolute Gasteiger partial charge is 0.151 e. The first-order valence-corrected chi connectivity index (χ1v) is 18.0. The largest absolute Gasteiger partial charge is 0.453 e. The fourth-order valence-corrected chi connectivity index (χ4v) is 8.52. The third-order valence-corrected chi connectivity index (χ3v) is 11.1. The fraction of sp³-hybridized carbons (Fsp3) is 0.125. The standard InChI is InChI=1S/C48H38N2O/c1-48(2)40-29-33(20-19-32-21-24-36(25-22-32)49-44-15-7-9-17-46(44)51-47-18-10-8-16-45(47)49)23-27-38(40)39-28-26-37(31-41(39)48)50-42-13-5-3-11-34(42)30-35-12-4-6-14-43(35)50/h3,5-11,13-29,31H,4,12,30H2,1-2H3/b20-19+. The highest BCUT2D eigenvalue weighted by Gasteiger charge is 2.37. The van der Waals surface area contributed by atoms with Crippen LogP contribution in [0.25, 0.3) is 23.3 Å². The minimum Gasteiger partial charge on any atom is -0.453 e. The van der Waals surface area contributed by atoms with Crippen molar-refractivity contribution in [2.75, 3.05) is 9.80 Å². The number of nitrogens with zero attached hydrogens (tertiary/aromatic N) is 2. The van der Waals surface area contributed by atoms with Crippen molar-refractivity contribution < 1.29 is 4.74 Å². The van der Waals surface area contributed by atoms with Crippen LogP contribution in [0.3, 0.4) is 0 Å². The minimum atomic E-state index is -0.119. The van der Waals surface area contributed by atoms with E-state index in [1.807, 2.05) is 24.3 Å². The summed E-state index contributed by atoms with van der Waals surface area (Å²) in [4.78, 5) is 4.78. The van der Waals surface area contributed by atoms with E-state index >= 15 is 0 Å². The van der Waals surface area contributed by atoms with Crippen LogP contribution in [0, 0.1) is 0 Å². The molecule has 6 aromatic carbocycles. The maximum atomic E-state index is 6.21. The van der Waals surface area contributed by atoms with Crippen LogP contribution in [-0.4, -0.2) is 0 Å². The zero-order valence-electron chi connectivity index (χ0n) is 28.9. The van der Waals surface area contributed by atoms with Gasteiger partial charge in [0.1, 0.15) is 0 Å². The molecule has 2 heterocycles. The number of fused-ring (bicyclic) bond motifs is 6. The second-order valence-corrected chi connectivity index (χ2v) is 14.5. The van der Waals surface area contributed by atoms with E-state index in [2.05, 4.69) is 157 Å². The van der Waals surface area contributed by atoms with Crippen LogP contribution < -0.4 is 14.5 Å². The molecule has 3 heteroatoms. The van der Waals surface area contributed by atoms with Crippen molar-refractivity contribution in [2.45, 2.75) is 38.5 Å². The molecule has 4 aliphatic rings. The van der Waals surface area contributed by atoms with E-state index in [9.17, 15) is 0 Å². The number of ether oxygens (including phenoxy) is 1. The molecule has 0 saturated heterocycles. The Balaban J connectivity index is 0.943. The number of benzene rings is 6. The average Bonchev–Trinajstić information content (AvgIpc) is 3.40. The van der Waals surface area contributed by atoms with Gasteiger partial charge in [0.05, 0.1) is 11.4 Å². The van der Waals surface area contributed by atoms with Gasteiger partial charge in [-0.25, -0.2) is 0 Å². The summed E-state index contributed by atoms with van der Waals surface area (Å²) in [6.07, 6.45) is 12.4. The highest BCUT2D eigenvalue weighted by Crippen LogP contribution is 2.52. The van der Waals surface area contributed by atoms with Crippen LogP contribution in [-0.2, 0) is 11.8 Å². The van der Waals surface area contributed by atoms with Gasteiger partial charge in [0.2, 0.25) is 0 Å². The molecular weight excluding hydrogens is 621 g/mol. The summed E-state index contributed by atoms with van der Waals surface area (Å²) in [6.45, 7) is 4.76. The Bertz CT molecular complexity index is 2420. The van der Waals surface area contributed by atoms with Crippen molar-refractivity contribution in [3.63, 3.8) is 0 Å². The van der Waals surface area contributed by atoms with Crippen molar-refractivity contribution >= 4 is 40.6 Å². The van der Waals surface area contributed by atoms with Gasteiger partial charge in [-0.3, -0.25) is 0 Å². The van der Waals surface area contributed by atoms with Gasteiger partial charge in [0.25, 0.3) is 0 Å². The molecule has 3 nitrogen and oxygen atoms in total. The summed E-state index contributed by atoms with van der Waals surface area (Å²) in [7, 11) is 0. The lowest BCUT2D eigenvalue weighted by atomic mass is 9.81. The summed E-state index contributed by atoms with van der Waals surface area (Å²) in [5.74, 6) is 1.73. The monoisotopic (exact) mass is 658 g/mol. The van der Waals surface area contributed by atoms with Gasteiger partial charge in [0, 0.05) is 28.2 Å². The van der Waals surface area contributed by atoms with E-state index < -0.39 is 0 Å². The molecule has 0 atom stereocenters. The van der Waals surface area contributed by atoms with Crippen LogP contribution in [0.5, 0.6) is 11.5 Å². The summed E-state index contributed by atoms with van der Waals surface area (Å²) in [5, 5.41) is 0. The van der Waals surface area contributed by atoms with Crippen molar-refractivity contribution in [1.82, 2.24) is 0 Å². The fourth-order valence-electron chi connectivity index (χ4n) is 8.52. The van der Waals surface area contributed by atoms with Gasteiger partial charge in [-0.05, 0) is 124 Å². The number of rotatable bonds is 4. The molecule has 0 amide bonds. The van der Waals surface area contributed by atoms with E-state index in [0.29, 0.717) is 0 Å². The van der Waals surface area contributed by atoms with Crippen LogP contribution in [0.15, 0.2) is 157 Å². The van der Waals surface area contributed by atoms with Crippen molar-refractivity contribution in [2.24, 2.45) is 0 Å². The van der Waals surface area contributed by atoms with E-state index in [-0.39, 0.29) is 5.41 Å². The van der Waals surface area contributed by atoms with Gasteiger partial charge in [-0.1, -0.05) is 111 Å². The van der Waals surface area contributed by atoms with Crippen LogP contribution in [0.1, 0.15) is 54.5 Å². The van der Waals surface area contributed by atoms with E-state index in [1.165, 1.54) is 50.5 Å². The highest BCUT2D eigenvalue weighted by atomic mass is 16.5. The first-order chi connectivity index (χ1) is 25.0. The summed E-state index contributed by atoms with van der Waals surface area (Å²) in [5.41, 5.74) is 17.8. The molecule has 0 saturated carbocycles. The molecule has 0 fully saturated rings. The normalized spacial score (nSPS) is 16.2. The lowest BCUT2D eigenvalue weighted by molar-refractivity contribution is 0.477. The average molecular weight is 659 g/mol. The Hall–Kier alpha value is -6.06. The summed E-state index contributed by atoms with van der Waals surface area (Å²) >= 11 is 0. The van der Waals surface area contributed by atoms with Crippen molar-refractivity contribution in [3.8, 4) is 22.6 Å². The second kappa shape index (κ2) is 11.5. The Morgan fingerprint density at radius 3 is 1.96 bits per heavy atom. The molecule has 10 rings (SSSR count).